The van der Waals surface area contributed by atoms with Gasteiger partial charge in [0, 0.05) is 24.5 Å². The van der Waals surface area contributed by atoms with Gasteiger partial charge in [-0.3, -0.25) is 4.79 Å². The van der Waals surface area contributed by atoms with E-state index in [0.717, 1.165) is 26.0 Å². The van der Waals surface area contributed by atoms with Crippen molar-refractivity contribution in [3.8, 4) is 0 Å². The number of aliphatic carboxylic acids is 1. The maximum absolute atomic E-state index is 10.5. The molecule has 4 nitrogen and oxygen atoms in total. The highest BCUT2D eigenvalue weighted by atomic mass is 16.5. The molecule has 1 fully saturated rings. The van der Waals surface area contributed by atoms with Crippen LogP contribution in [0.1, 0.15) is 40.0 Å². The first-order valence-electron chi connectivity index (χ1n) is 6.43. The molecule has 0 saturated heterocycles. The first-order valence-corrected chi connectivity index (χ1v) is 6.43. The molecule has 1 N–H and O–H groups in total. The van der Waals surface area contributed by atoms with E-state index >= 15 is 0 Å². The van der Waals surface area contributed by atoms with Crippen molar-refractivity contribution in [1.82, 2.24) is 4.90 Å². The Hall–Kier alpha value is -0.610. The summed E-state index contributed by atoms with van der Waals surface area (Å²) in [5, 5.41) is 8.61. The molecule has 100 valence electrons. The zero-order chi connectivity index (χ0) is 13.1. The van der Waals surface area contributed by atoms with E-state index in [1.807, 2.05) is 6.92 Å². The van der Waals surface area contributed by atoms with Crippen LogP contribution in [0.3, 0.4) is 0 Å². The molecule has 17 heavy (non-hydrogen) atoms. The highest BCUT2D eigenvalue weighted by Gasteiger charge is 2.50. The Labute approximate surface area is 104 Å². The topological polar surface area (TPSA) is 49.8 Å². The predicted octanol–water partition coefficient (Wildman–Crippen LogP) is 1.99. The lowest BCUT2D eigenvalue weighted by atomic mass is 9.64. The van der Waals surface area contributed by atoms with Crippen LogP contribution in [0.25, 0.3) is 0 Å². The maximum Gasteiger partial charge on any atom is 0.303 e. The van der Waals surface area contributed by atoms with Gasteiger partial charge in [-0.15, -0.1) is 0 Å². The standard InChI is InChI=1S/C13H25NO3/c1-5-17-11-9-10(13(11,2)3)14(4)8-6-7-12(15)16/h10-11H,5-9H2,1-4H3,(H,15,16)/t10-,11-/m0/s1. The van der Waals surface area contributed by atoms with Crippen molar-refractivity contribution in [2.75, 3.05) is 20.2 Å². The minimum Gasteiger partial charge on any atom is -0.481 e. The van der Waals surface area contributed by atoms with Crippen molar-refractivity contribution in [3.05, 3.63) is 0 Å². The fourth-order valence-corrected chi connectivity index (χ4v) is 2.73. The Bertz CT molecular complexity index is 265. The number of hydrogen-bond donors (Lipinski definition) is 1. The SMILES string of the molecule is CCO[C@H]1C[C@H](N(C)CCCC(=O)O)C1(C)C. The third-order valence-electron chi connectivity index (χ3n) is 3.93. The van der Waals surface area contributed by atoms with Crippen molar-refractivity contribution in [2.24, 2.45) is 5.41 Å². The molecule has 0 spiro atoms. The van der Waals surface area contributed by atoms with Crippen LogP contribution in [-0.2, 0) is 9.53 Å². The molecule has 0 bridgehead atoms. The van der Waals surface area contributed by atoms with Gasteiger partial charge in [0.2, 0.25) is 0 Å². The lowest BCUT2D eigenvalue weighted by Gasteiger charge is -2.55. The summed E-state index contributed by atoms with van der Waals surface area (Å²) in [6.07, 6.45) is 2.38. The van der Waals surface area contributed by atoms with Crippen LogP contribution in [0.4, 0.5) is 0 Å². The molecule has 0 aromatic rings. The molecule has 0 radical (unpaired) electrons. The van der Waals surface area contributed by atoms with Gasteiger partial charge in [0.05, 0.1) is 6.10 Å². The van der Waals surface area contributed by atoms with E-state index in [4.69, 9.17) is 9.84 Å². The summed E-state index contributed by atoms with van der Waals surface area (Å²) in [4.78, 5) is 12.7. The zero-order valence-corrected chi connectivity index (χ0v) is 11.4. The molecule has 4 heteroatoms. The molecule has 0 unspecified atom stereocenters. The van der Waals surface area contributed by atoms with Gasteiger partial charge in [-0.05, 0) is 33.4 Å². The van der Waals surface area contributed by atoms with Crippen molar-refractivity contribution >= 4 is 5.97 Å². The molecule has 1 aliphatic rings. The quantitative estimate of drug-likeness (QED) is 0.743. The lowest BCUT2D eigenvalue weighted by molar-refractivity contribution is -0.146. The van der Waals surface area contributed by atoms with Crippen LogP contribution in [0, 0.1) is 5.41 Å². The van der Waals surface area contributed by atoms with Crippen LogP contribution in [0.2, 0.25) is 0 Å². The van der Waals surface area contributed by atoms with Crippen LogP contribution >= 0.6 is 0 Å². The van der Waals surface area contributed by atoms with Gasteiger partial charge in [-0.2, -0.15) is 0 Å². The van der Waals surface area contributed by atoms with Gasteiger partial charge in [0.15, 0.2) is 0 Å². The number of carbonyl (C=O) groups is 1. The Kier molecular flexibility index (Phi) is 4.95. The van der Waals surface area contributed by atoms with E-state index in [9.17, 15) is 4.79 Å². The van der Waals surface area contributed by atoms with Gasteiger partial charge >= 0.3 is 5.97 Å². The molecule has 0 aliphatic heterocycles. The fourth-order valence-electron chi connectivity index (χ4n) is 2.73. The summed E-state index contributed by atoms with van der Waals surface area (Å²) in [5.74, 6) is -0.710. The monoisotopic (exact) mass is 243 g/mol. The summed E-state index contributed by atoms with van der Waals surface area (Å²) < 4.78 is 5.70. The maximum atomic E-state index is 10.5. The van der Waals surface area contributed by atoms with Crippen molar-refractivity contribution in [2.45, 2.75) is 52.2 Å². The Morgan fingerprint density at radius 3 is 2.65 bits per heavy atom. The lowest BCUT2D eigenvalue weighted by Crippen LogP contribution is -2.61. The van der Waals surface area contributed by atoms with Crippen LogP contribution in [0.15, 0.2) is 0 Å². The second kappa shape index (κ2) is 5.83. The first kappa shape index (κ1) is 14.5. The first-order chi connectivity index (χ1) is 7.89. The predicted molar refractivity (Wildman–Crippen MR) is 67.1 cm³/mol. The average molecular weight is 243 g/mol. The second-order valence-corrected chi connectivity index (χ2v) is 5.49. The number of hydrogen-bond acceptors (Lipinski definition) is 3. The second-order valence-electron chi connectivity index (χ2n) is 5.49. The molecule has 0 amide bonds. The number of ether oxygens (including phenoxy) is 1. The Morgan fingerprint density at radius 2 is 2.18 bits per heavy atom. The van der Waals surface area contributed by atoms with Gasteiger partial charge in [-0.1, -0.05) is 13.8 Å². The molecular weight excluding hydrogens is 218 g/mol. The van der Waals surface area contributed by atoms with E-state index in [2.05, 4.69) is 25.8 Å². The summed E-state index contributed by atoms with van der Waals surface area (Å²) in [5.41, 5.74) is 0.175. The van der Waals surface area contributed by atoms with E-state index in [-0.39, 0.29) is 11.8 Å². The van der Waals surface area contributed by atoms with E-state index in [1.54, 1.807) is 0 Å². The summed E-state index contributed by atoms with van der Waals surface area (Å²) >= 11 is 0. The molecule has 0 aromatic carbocycles. The highest BCUT2D eigenvalue weighted by Crippen LogP contribution is 2.45. The number of carboxylic acid groups (broad SMARTS) is 1. The molecule has 1 rings (SSSR count). The zero-order valence-electron chi connectivity index (χ0n) is 11.4. The molecular formula is C13H25NO3. The molecule has 0 aromatic heterocycles. The largest absolute Gasteiger partial charge is 0.481 e. The van der Waals surface area contributed by atoms with Crippen molar-refractivity contribution < 1.29 is 14.6 Å². The van der Waals surface area contributed by atoms with Gasteiger partial charge < -0.3 is 14.7 Å². The Morgan fingerprint density at radius 1 is 1.53 bits per heavy atom. The number of rotatable bonds is 7. The molecule has 0 heterocycles. The van der Waals surface area contributed by atoms with Crippen LogP contribution < -0.4 is 0 Å². The van der Waals surface area contributed by atoms with Gasteiger partial charge in [0.1, 0.15) is 0 Å². The van der Waals surface area contributed by atoms with Gasteiger partial charge in [-0.25, -0.2) is 0 Å². The Balaban J connectivity index is 2.34. The van der Waals surface area contributed by atoms with Crippen molar-refractivity contribution in [3.63, 3.8) is 0 Å². The van der Waals surface area contributed by atoms with E-state index < -0.39 is 5.97 Å². The third kappa shape index (κ3) is 3.42. The third-order valence-corrected chi connectivity index (χ3v) is 3.93. The normalized spacial score (nSPS) is 26.9. The van der Waals surface area contributed by atoms with Gasteiger partial charge in [0.25, 0.3) is 0 Å². The van der Waals surface area contributed by atoms with E-state index in [0.29, 0.717) is 12.1 Å². The van der Waals surface area contributed by atoms with Crippen molar-refractivity contribution in [1.29, 1.82) is 0 Å². The van der Waals surface area contributed by atoms with Crippen LogP contribution in [0.5, 0.6) is 0 Å². The highest BCUT2D eigenvalue weighted by molar-refractivity contribution is 5.66. The molecule has 2 atom stereocenters. The summed E-state index contributed by atoms with van der Waals surface area (Å²) in [6, 6.07) is 0.507. The van der Waals surface area contributed by atoms with Crippen LogP contribution in [-0.4, -0.2) is 48.3 Å². The summed E-state index contributed by atoms with van der Waals surface area (Å²) in [6.45, 7) is 8.10. The minimum atomic E-state index is -0.710. The number of carboxylic acids is 1. The fraction of sp³-hybridized carbons (Fsp3) is 0.923. The summed E-state index contributed by atoms with van der Waals surface area (Å²) in [7, 11) is 2.08. The number of nitrogens with zero attached hydrogens (tertiary/aromatic N) is 1. The minimum absolute atomic E-state index is 0.175. The average Bonchev–Trinajstić information content (AvgIpc) is 2.22. The smallest absolute Gasteiger partial charge is 0.303 e. The van der Waals surface area contributed by atoms with E-state index in [1.165, 1.54) is 0 Å². The molecule has 1 aliphatic carbocycles. The molecule has 1 saturated carbocycles.